The summed E-state index contributed by atoms with van der Waals surface area (Å²) in [6.45, 7) is -3.02. The molecule has 1 aromatic carbocycles. The first kappa shape index (κ1) is 16.7. The summed E-state index contributed by atoms with van der Waals surface area (Å²) in [7, 11) is 0. The average Bonchev–Trinajstić information content (AvgIpc) is 2.55. The summed E-state index contributed by atoms with van der Waals surface area (Å²) >= 11 is 0. The van der Waals surface area contributed by atoms with E-state index in [0.717, 1.165) is 18.6 Å². The van der Waals surface area contributed by atoms with Gasteiger partial charge in [-0.1, -0.05) is 6.07 Å². The van der Waals surface area contributed by atoms with Crippen LogP contribution in [0.3, 0.4) is 0 Å². The Morgan fingerprint density at radius 2 is 1.68 bits per heavy atom. The first-order valence-electron chi connectivity index (χ1n) is 6.60. The highest BCUT2D eigenvalue weighted by Gasteiger charge is 2.34. The number of halogens is 5. The monoisotopic (exact) mass is 358 g/mol. The first-order chi connectivity index (χ1) is 11.8. The molecule has 130 valence electrons. The third-order valence-electron chi connectivity index (χ3n) is 2.87. The second-order valence-electron chi connectivity index (χ2n) is 4.56. The molecule has 0 unspecified atom stereocenters. The average molecular weight is 358 g/mol. The predicted molar refractivity (Wildman–Crippen MR) is 73.3 cm³/mol. The molecule has 2 aromatic heterocycles. The van der Waals surface area contributed by atoms with Crippen molar-refractivity contribution in [2.45, 2.75) is 12.8 Å². The van der Waals surface area contributed by atoms with E-state index < -0.39 is 18.6 Å². The van der Waals surface area contributed by atoms with E-state index in [1.54, 1.807) is 0 Å². The number of hydrogen-bond acceptors (Lipinski definition) is 6. The summed E-state index contributed by atoms with van der Waals surface area (Å²) < 4.78 is 71.5. The van der Waals surface area contributed by atoms with E-state index in [1.165, 1.54) is 18.2 Å². The standard InChI is InChI=1S/C14H7F5N4O2/c15-12(16)24-7-4-21-13(22-5-7)25-10-3-1-2-9-8(10)6-20-11(23-9)14(17,18)19/h1-6,12H. The molecule has 25 heavy (non-hydrogen) atoms. The Hall–Kier alpha value is -3.11. The molecule has 0 N–H and O–H groups in total. The van der Waals surface area contributed by atoms with Gasteiger partial charge in [0.25, 0.3) is 0 Å². The number of benzene rings is 1. The van der Waals surface area contributed by atoms with E-state index in [2.05, 4.69) is 24.7 Å². The number of rotatable bonds is 4. The second kappa shape index (κ2) is 6.42. The van der Waals surface area contributed by atoms with Gasteiger partial charge in [-0.2, -0.15) is 31.9 Å². The largest absolute Gasteiger partial charge is 0.451 e. The lowest BCUT2D eigenvalue weighted by molar-refractivity contribution is -0.144. The SMILES string of the molecule is FC(F)Oc1cnc(Oc2cccc3nc(C(F)(F)F)ncc23)nc1. The van der Waals surface area contributed by atoms with Crippen LogP contribution < -0.4 is 9.47 Å². The number of nitrogens with zero attached hydrogens (tertiary/aromatic N) is 4. The van der Waals surface area contributed by atoms with Crippen molar-refractivity contribution in [1.82, 2.24) is 19.9 Å². The minimum atomic E-state index is -4.67. The minimum Gasteiger partial charge on any atom is -0.432 e. The molecule has 0 fully saturated rings. The van der Waals surface area contributed by atoms with Gasteiger partial charge >= 0.3 is 18.8 Å². The Labute approximate surface area is 136 Å². The summed E-state index contributed by atoms with van der Waals surface area (Å²) in [6, 6.07) is 4.03. The lowest BCUT2D eigenvalue weighted by Gasteiger charge is -2.09. The normalized spacial score (nSPS) is 11.8. The van der Waals surface area contributed by atoms with Gasteiger partial charge in [0.1, 0.15) is 5.75 Å². The van der Waals surface area contributed by atoms with Crippen LogP contribution >= 0.6 is 0 Å². The summed E-state index contributed by atoms with van der Waals surface area (Å²) in [5.74, 6) is -1.44. The maximum Gasteiger partial charge on any atom is 0.451 e. The summed E-state index contributed by atoms with van der Waals surface area (Å²) in [6.07, 6.45) is -1.76. The van der Waals surface area contributed by atoms with Crippen molar-refractivity contribution in [1.29, 1.82) is 0 Å². The van der Waals surface area contributed by atoms with Crippen LogP contribution in [0.4, 0.5) is 22.0 Å². The van der Waals surface area contributed by atoms with Crippen LogP contribution in [0.2, 0.25) is 0 Å². The van der Waals surface area contributed by atoms with E-state index in [4.69, 9.17) is 4.74 Å². The van der Waals surface area contributed by atoms with E-state index in [0.29, 0.717) is 0 Å². The molecule has 0 atom stereocenters. The van der Waals surface area contributed by atoms with Gasteiger partial charge < -0.3 is 9.47 Å². The lowest BCUT2D eigenvalue weighted by atomic mass is 10.2. The third-order valence-corrected chi connectivity index (χ3v) is 2.87. The fourth-order valence-electron chi connectivity index (χ4n) is 1.87. The number of fused-ring (bicyclic) bond motifs is 1. The van der Waals surface area contributed by atoms with Crippen LogP contribution in [0.5, 0.6) is 17.5 Å². The maximum absolute atomic E-state index is 12.6. The second-order valence-corrected chi connectivity index (χ2v) is 4.56. The van der Waals surface area contributed by atoms with Crippen molar-refractivity contribution >= 4 is 10.9 Å². The van der Waals surface area contributed by atoms with Gasteiger partial charge in [-0.05, 0) is 12.1 Å². The Bertz CT molecular complexity index is 887. The molecular weight excluding hydrogens is 351 g/mol. The number of ether oxygens (including phenoxy) is 2. The van der Waals surface area contributed by atoms with E-state index in [1.807, 2.05) is 0 Å². The number of alkyl halides is 5. The summed E-state index contributed by atoms with van der Waals surface area (Å²) in [5.41, 5.74) is 0.0116. The smallest absolute Gasteiger partial charge is 0.432 e. The van der Waals surface area contributed by atoms with Gasteiger partial charge in [0.05, 0.1) is 23.3 Å². The fourth-order valence-corrected chi connectivity index (χ4v) is 1.87. The van der Waals surface area contributed by atoms with Crippen LogP contribution in [0.1, 0.15) is 5.82 Å². The van der Waals surface area contributed by atoms with Gasteiger partial charge in [0.2, 0.25) is 5.82 Å². The lowest BCUT2D eigenvalue weighted by Crippen LogP contribution is -2.10. The molecule has 3 aromatic rings. The Kier molecular flexibility index (Phi) is 4.30. The van der Waals surface area contributed by atoms with Crippen LogP contribution in [-0.4, -0.2) is 26.5 Å². The van der Waals surface area contributed by atoms with Crippen molar-refractivity contribution in [2.24, 2.45) is 0 Å². The Balaban J connectivity index is 1.88. The maximum atomic E-state index is 12.6. The van der Waals surface area contributed by atoms with Crippen molar-refractivity contribution < 1.29 is 31.4 Å². The molecule has 2 heterocycles. The van der Waals surface area contributed by atoms with Crippen LogP contribution in [0, 0.1) is 0 Å². The molecule has 0 spiro atoms. The molecule has 11 heteroatoms. The van der Waals surface area contributed by atoms with Crippen molar-refractivity contribution in [3.05, 3.63) is 42.6 Å². The van der Waals surface area contributed by atoms with Crippen LogP contribution in [-0.2, 0) is 6.18 Å². The van der Waals surface area contributed by atoms with Gasteiger partial charge in [0, 0.05) is 6.20 Å². The molecule has 0 aliphatic carbocycles. The van der Waals surface area contributed by atoms with E-state index >= 15 is 0 Å². The minimum absolute atomic E-state index is 0.0116. The van der Waals surface area contributed by atoms with Gasteiger partial charge in [-0.25, -0.2) is 9.97 Å². The molecule has 0 bridgehead atoms. The molecule has 0 aliphatic rings. The predicted octanol–water partition coefficient (Wildman–Crippen LogP) is 3.83. The molecule has 3 rings (SSSR count). The zero-order chi connectivity index (χ0) is 18.0. The van der Waals surface area contributed by atoms with Gasteiger partial charge in [-0.15, -0.1) is 0 Å². The highest BCUT2D eigenvalue weighted by molar-refractivity contribution is 5.84. The molecule has 0 saturated carbocycles. The highest BCUT2D eigenvalue weighted by Crippen LogP contribution is 2.31. The zero-order valence-corrected chi connectivity index (χ0v) is 12.0. The molecule has 0 saturated heterocycles. The molecule has 0 aliphatic heterocycles. The van der Waals surface area contributed by atoms with Crippen molar-refractivity contribution in [3.63, 3.8) is 0 Å². The zero-order valence-electron chi connectivity index (χ0n) is 12.0. The quantitative estimate of drug-likeness (QED) is 0.660. The summed E-state index contributed by atoms with van der Waals surface area (Å²) in [5, 5.41) is 0.201. The molecule has 0 radical (unpaired) electrons. The molecule has 0 amide bonds. The number of aromatic nitrogens is 4. The first-order valence-corrected chi connectivity index (χ1v) is 6.60. The van der Waals surface area contributed by atoms with Crippen molar-refractivity contribution in [3.8, 4) is 17.5 Å². The van der Waals surface area contributed by atoms with Crippen LogP contribution in [0.15, 0.2) is 36.8 Å². The van der Waals surface area contributed by atoms with E-state index in [9.17, 15) is 22.0 Å². The summed E-state index contributed by atoms with van der Waals surface area (Å²) in [4.78, 5) is 14.1. The molecular formula is C14H7F5N4O2. The highest BCUT2D eigenvalue weighted by atomic mass is 19.4. The van der Waals surface area contributed by atoms with E-state index in [-0.39, 0.29) is 28.4 Å². The molecule has 6 nitrogen and oxygen atoms in total. The number of hydrogen-bond donors (Lipinski definition) is 0. The fraction of sp³-hybridized carbons (Fsp3) is 0.143. The third kappa shape index (κ3) is 3.87. The Morgan fingerprint density at radius 3 is 2.32 bits per heavy atom. The topological polar surface area (TPSA) is 70.0 Å². The van der Waals surface area contributed by atoms with Crippen molar-refractivity contribution in [2.75, 3.05) is 0 Å². The van der Waals surface area contributed by atoms with Gasteiger partial charge in [-0.3, -0.25) is 0 Å². The van der Waals surface area contributed by atoms with Gasteiger partial charge in [0.15, 0.2) is 5.75 Å². The Morgan fingerprint density at radius 1 is 0.960 bits per heavy atom. The van der Waals surface area contributed by atoms with Crippen LogP contribution in [0.25, 0.3) is 10.9 Å².